The normalized spacial score (nSPS) is 11.1. The largest absolute Gasteiger partial charge is 0.478 e. The molecule has 1 aromatic heterocycles. The van der Waals surface area contributed by atoms with Gasteiger partial charge in [-0.05, 0) is 41.8 Å². The number of hydrogen-bond donors (Lipinski definition) is 2. The monoisotopic (exact) mass is 368 g/mol. The van der Waals surface area contributed by atoms with Gasteiger partial charge in [0.05, 0.1) is 11.3 Å². The number of carboxylic acids is 1. The van der Waals surface area contributed by atoms with Crippen molar-refractivity contribution < 1.29 is 18.3 Å². The maximum atomic E-state index is 12.6. The van der Waals surface area contributed by atoms with Gasteiger partial charge in [-0.1, -0.05) is 36.4 Å². The van der Waals surface area contributed by atoms with Gasteiger partial charge in [-0.2, -0.15) is 0 Å². The number of rotatable bonds is 5. The van der Waals surface area contributed by atoms with E-state index in [1.807, 2.05) is 30.3 Å². The fourth-order valence-electron chi connectivity index (χ4n) is 2.50. The topological polar surface area (TPSA) is 96.4 Å². The van der Waals surface area contributed by atoms with E-state index < -0.39 is 16.0 Å². The average molecular weight is 368 g/mol. The fraction of sp³-hybridized carbons (Fsp3) is 0.0526. The van der Waals surface area contributed by atoms with E-state index in [0.29, 0.717) is 11.1 Å². The molecule has 2 N–H and O–H groups in total. The summed E-state index contributed by atoms with van der Waals surface area (Å²) in [6.07, 6.45) is 2.76. The van der Waals surface area contributed by atoms with E-state index in [0.717, 1.165) is 5.56 Å². The van der Waals surface area contributed by atoms with Crippen molar-refractivity contribution in [2.75, 3.05) is 4.72 Å². The predicted molar refractivity (Wildman–Crippen MR) is 98.6 cm³/mol. The number of sulfonamides is 1. The zero-order chi connectivity index (χ0) is 18.7. The van der Waals surface area contributed by atoms with Gasteiger partial charge < -0.3 is 5.11 Å². The van der Waals surface area contributed by atoms with Crippen molar-refractivity contribution in [1.82, 2.24) is 4.98 Å². The lowest BCUT2D eigenvalue weighted by Crippen LogP contribution is -2.16. The summed E-state index contributed by atoms with van der Waals surface area (Å²) in [5.74, 6) is -1.22. The van der Waals surface area contributed by atoms with Crippen LogP contribution in [0.4, 0.5) is 5.69 Å². The van der Waals surface area contributed by atoms with Crippen molar-refractivity contribution in [2.45, 2.75) is 11.8 Å². The highest BCUT2D eigenvalue weighted by molar-refractivity contribution is 7.92. The molecule has 0 saturated heterocycles. The van der Waals surface area contributed by atoms with E-state index in [4.69, 9.17) is 0 Å². The number of hydrogen-bond acceptors (Lipinski definition) is 4. The van der Waals surface area contributed by atoms with E-state index in [1.165, 1.54) is 30.6 Å². The van der Waals surface area contributed by atoms with Gasteiger partial charge >= 0.3 is 5.97 Å². The highest BCUT2D eigenvalue weighted by atomic mass is 32.2. The quantitative estimate of drug-likeness (QED) is 0.718. The molecule has 7 heteroatoms. The molecular formula is C19H16N2O4S. The molecule has 6 nitrogen and oxygen atoms in total. The summed E-state index contributed by atoms with van der Waals surface area (Å²) >= 11 is 0. The molecule has 0 aliphatic heterocycles. The summed E-state index contributed by atoms with van der Waals surface area (Å²) in [4.78, 5) is 15.3. The Morgan fingerprint density at radius 2 is 1.73 bits per heavy atom. The van der Waals surface area contributed by atoms with Crippen LogP contribution < -0.4 is 4.72 Å². The van der Waals surface area contributed by atoms with E-state index >= 15 is 0 Å². The lowest BCUT2D eigenvalue weighted by atomic mass is 10.0. The first-order valence-corrected chi connectivity index (χ1v) is 9.22. The number of aromatic carboxylic acids is 1. The minimum atomic E-state index is -3.97. The summed E-state index contributed by atoms with van der Waals surface area (Å²) < 4.78 is 27.6. The second-order valence-electron chi connectivity index (χ2n) is 5.74. The third-order valence-corrected chi connectivity index (χ3v) is 5.09. The number of nitrogens with one attached hydrogen (secondary N) is 1. The third kappa shape index (κ3) is 3.73. The molecule has 1 heterocycles. The molecule has 0 aliphatic rings. The number of carbonyl (C=O) groups is 1. The molecule has 3 rings (SSSR count). The van der Waals surface area contributed by atoms with Crippen LogP contribution in [0.3, 0.4) is 0 Å². The molecule has 0 radical (unpaired) electrons. The molecule has 0 spiro atoms. The van der Waals surface area contributed by atoms with E-state index in [2.05, 4.69) is 9.71 Å². The lowest BCUT2D eigenvalue weighted by Gasteiger charge is -2.13. The Hall–Kier alpha value is -3.19. The van der Waals surface area contributed by atoms with Crippen LogP contribution in [0.2, 0.25) is 0 Å². The molecule has 0 unspecified atom stereocenters. The van der Waals surface area contributed by atoms with E-state index in [9.17, 15) is 18.3 Å². The molecule has 3 aromatic rings. The van der Waals surface area contributed by atoms with Crippen LogP contribution in [0.1, 0.15) is 15.9 Å². The number of carboxylic acid groups (broad SMARTS) is 1. The van der Waals surface area contributed by atoms with Crippen LogP contribution in [0, 0.1) is 6.92 Å². The summed E-state index contributed by atoms with van der Waals surface area (Å²) in [5.41, 5.74) is 2.11. The molecule has 0 atom stereocenters. The van der Waals surface area contributed by atoms with Gasteiger partial charge in [0.15, 0.2) is 0 Å². The van der Waals surface area contributed by atoms with Gasteiger partial charge in [-0.3, -0.25) is 9.71 Å². The second kappa shape index (κ2) is 6.97. The van der Waals surface area contributed by atoms with Crippen LogP contribution in [0.5, 0.6) is 0 Å². The minimum absolute atomic E-state index is 0.000333. The standard InChI is InChI=1S/C19H16N2O4S/c1-13-9-16(12-20-11-13)26(24,25)21-18-10-15(7-8-17(18)19(22)23)14-5-3-2-4-6-14/h2-12,21H,1H3,(H,22,23). The number of aromatic nitrogens is 1. The van der Waals surface area contributed by atoms with Crippen LogP contribution in [-0.4, -0.2) is 24.5 Å². The molecule has 26 heavy (non-hydrogen) atoms. The van der Waals surface area contributed by atoms with Gasteiger partial charge in [-0.15, -0.1) is 0 Å². The van der Waals surface area contributed by atoms with Gasteiger partial charge in [-0.25, -0.2) is 13.2 Å². The van der Waals surface area contributed by atoms with Crippen molar-refractivity contribution in [3.05, 3.63) is 78.1 Å². The molecule has 0 bridgehead atoms. The smallest absolute Gasteiger partial charge is 0.337 e. The van der Waals surface area contributed by atoms with Gasteiger partial charge in [0, 0.05) is 12.4 Å². The van der Waals surface area contributed by atoms with Crippen molar-refractivity contribution in [1.29, 1.82) is 0 Å². The molecule has 0 fully saturated rings. The fourth-order valence-corrected chi connectivity index (χ4v) is 3.62. The summed E-state index contributed by atoms with van der Waals surface area (Å²) in [7, 11) is -3.97. The summed E-state index contributed by atoms with van der Waals surface area (Å²) in [5, 5.41) is 9.39. The van der Waals surface area contributed by atoms with E-state index in [1.54, 1.807) is 13.0 Å². The Morgan fingerprint density at radius 3 is 2.38 bits per heavy atom. The predicted octanol–water partition coefficient (Wildman–Crippen LogP) is 3.56. The highest BCUT2D eigenvalue weighted by Gasteiger charge is 2.19. The molecule has 0 saturated carbocycles. The van der Waals surface area contributed by atoms with Crippen molar-refractivity contribution in [3.63, 3.8) is 0 Å². The number of anilines is 1. The second-order valence-corrected chi connectivity index (χ2v) is 7.42. The first-order chi connectivity index (χ1) is 12.4. The van der Waals surface area contributed by atoms with E-state index in [-0.39, 0.29) is 16.1 Å². The molecule has 0 amide bonds. The minimum Gasteiger partial charge on any atom is -0.478 e. The SMILES string of the molecule is Cc1cncc(S(=O)(=O)Nc2cc(-c3ccccc3)ccc2C(=O)O)c1. The lowest BCUT2D eigenvalue weighted by molar-refractivity contribution is 0.0698. The van der Waals surface area contributed by atoms with Gasteiger partial charge in [0.2, 0.25) is 0 Å². The molecule has 2 aromatic carbocycles. The van der Waals surface area contributed by atoms with Crippen molar-refractivity contribution >= 4 is 21.7 Å². The van der Waals surface area contributed by atoms with Crippen molar-refractivity contribution in [2.24, 2.45) is 0 Å². The maximum Gasteiger partial charge on any atom is 0.337 e. The summed E-state index contributed by atoms with van der Waals surface area (Å²) in [6, 6.07) is 15.3. The Morgan fingerprint density at radius 1 is 1.00 bits per heavy atom. The molecule has 132 valence electrons. The first kappa shape index (κ1) is 17.6. The number of pyridine rings is 1. The zero-order valence-corrected chi connectivity index (χ0v) is 14.7. The first-order valence-electron chi connectivity index (χ1n) is 7.74. The maximum absolute atomic E-state index is 12.6. The average Bonchev–Trinajstić information content (AvgIpc) is 2.62. The number of aryl methyl sites for hydroxylation is 1. The molecule has 0 aliphatic carbocycles. The zero-order valence-electron chi connectivity index (χ0n) is 13.9. The van der Waals surface area contributed by atoms with Gasteiger partial charge in [0.1, 0.15) is 4.90 Å². The highest BCUT2D eigenvalue weighted by Crippen LogP contribution is 2.27. The molecular weight excluding hydrogens is 352 g/mol. The van der Waals surface area contributed by atoms with Crippen LogP contribution in [0.25, 0.3) is 11.1 Å². The Balaban J connectivity index is 2.06. The van der Waals surface area contributed by atoms with Gasteiger partial charge in [0.25, 0.3) is 10.0 Å². The summed E-state index contributed by atoms with van der Waals surface area (Å²) in [6.45, 7) is 1.73. The van der Waals surface area contributed by atoms with Crippen molar-refractivity contribution in [3.8, 4) is 11.1 Å². The number of benzene rings is 2. The van der Waals surface area contributed by atoms with Crippen LogP contribution >= 0.6 is 0 Å². The Bertz CT molecular complexity index is 1060. The number of nitrogens with zero attached hydrogens (tertiary/aromatic N) is 1. The third-order valence-electron chi connectivity index (χ3n) is 3.76. The Kier molecular flexibility index (Phi) is 4.73. The van der Waals surface area contributed by atoms with Crippen LogP contribution in [0.15, 0.2) is 71.9 Å². The Labute approximate surface area is 151 Å². The van der Waals surface area contributed by atoms with Crippen LogP contribution in [-0.2, 0) is 10.0 Å².